The molecule has 152 valence electrons. The summed E-state index contributed by atoms with van der Waals surface area (Å²) < 4.78 is 5.64. The van der Waals surface area contributed by atoms with Gasteiger partial charge in [-0.25, -0.2) is 9.97 Å². The molecule has 1 aliphatic rings. The minimum atomic E-state index is -0.0517. The van der Waals surface area contributed by atoms with Crippen LogP contribution in [0.1, 0.15) is 40.6 Å². The fraction of sp³-hybridized carbons (Fsp3) is 0.409. The Hall–Kier alpha value is -2.51. The van der Waals surface area contributed by atoms with Gasteiger partial charge in [-0.05, 0) is 37.8 Å². The minimum absolute atomic E-state index is 0.00310. The summed E-state index contributed by atoms with van der Waals surface area (Å²) in [7, 11) is 0. The van der Waals surface area contributed by atoms with Crippen molar-refractivity contribution in [3.05, 3.63) is 52.7 Å². The zero-order valence-corrected chi connectivity index (χ0v) is 17.6. The number of nitrogens with one attached hydrogen (secondary N) is 2. The second-order valence-electron chi connectivity index (χ2n) is 7.43. The van der Waals surface area contributed by atoms with E-state index < -0.39 is 0 Å². The number of hydrogen-bond acceptors (Lipinski definition) is 6. The molecule has 1 fully saturated rings. The van der Waals surface area contributed by atoms with Gasteiger partial charge in [0, 0.05) is 31.7 Å². The molecular weight excluding hydrogens is 384 g/mol. The first-order valence-electron chi connectivity index (χ1n) is 10.0. The van der Waals surface area contributed by atoms with Crippen LogP contribution in [0.4, 0.5) is 5.82 Å². The Labute approximate surface area is 174 Å². The van der Waals surface area contributed by atoms with Gasteiger partial charge in [-0.2, -0.15) is 0 Å². The molecule has 2 N–H and O–H groups in total. The smallest absolute Gasteiger partial charge is 0.261 e. The average Bonchev–Trinajstić information content (AvgIpc) is 3.11. The lowest BCUT2D eigenvalue weighted by molar-refractivity contribution is 0.0544. The first-order chi connectivity index (χ1) is 14.1. The lowest BCUT2D eigenvalue weighted by Crippen LogP contribution is -2.40. The van der Waals surface area contributed by atoms with Gasteiger partial charge in [0.1, 0.15) is 17.0 Å². The van der Waals surface area contributed by atoms with Crippen molar-refractivity contribution < 1.29 is 9.53 Å². The predicted molar refractivity (Wildman–Crippen MR) is 117 cm³/mol. The molecule has 7 heteroatoms. The summed E-state index contributed by atoms with van der Waals surface area (Å²) in [4.78, 5) is 22.9. The van der Waals surface area contributed by atoms with Crippen molar-refractivity contribution in [3.8, 4) is 0 Å². The molecule has 0 saturated carbocycles. The molecule has 3 heterocycles. The first-order valence-corrected chi connectivity index (χ1v) is 10.9. The molecule has 6 nitrogen and oxygen atoms in total. The van der Waals surface area contributed by atoms with Crippen LogP contribution >= 0.6 is 11.3 Å². The molecule has 1 amide bonds. The van der Waals surface area contributed by atoms with Gasteiger partial charge in [0.05, 0.1) is 10.3 Å². The van der Waals surface area contributed by atoms with Crippen LogP contribution in [0.25, 0.3) is 10.2 Å². The Morgan fingerprint density at radius 2 is 1.97 bits per heavy atom. The summed E-state index contributed by atoms with van der Waals surface area (Å²) in [5.41, 5.74) is 2.26. The van der Waals surface area contributed by atoms with Crippen LogP contribution < -0.4 is 10.6 Å². The number of aryl methyl sites for hydroxylation is 1. The number of aromatic nitrogens is 2. The van der Waals surface area contributed by atoms with E-state index in [0.29, 0.717) is 11.4 Å². The van der Waals surface area contributed by atoms with Gasteiger partial charge in [0.25, 0.3) is 5.91 Å². The summed E-state index contributed by atoms with van der Waals surface area (Å²) >= 11 is 1.42. The molecule has 0 bridgehead atoms. The van der Waals surface area contributed by atoms with Crippen molar-refractivity contribution in [2.45, 2.75) is 32.1 Å². The number of rotatable bonds is 6. The van der Waals surface area contributed by atoms with Gasteiger partial charge in [0.15, 0.2) is 0 Å². The van der Waals surface area contributed by atoms with E-state index in [4.69, 9.17) is 4.74 Å². The standard InChI is InChI=1S/C22H26N4O2S/c1-3-23-20(27)18-15(2)17-19(25-14-26-21(17)29-18)24-13-22(9-11-28-12-10-22)16-7-5-4-6-8-16/h4-8,14H,3,9-13H2,1-2H3,(H,23,27)(H,24,25,26). The van der Waals surface area contributed by atoms with E-state index in [1.807, 2.05) is 13.8 Å². The summed E-state index contributed by atoms with van der Waals surface area (Å²) in [6, 6.07) is 10.6. The van der Waals surface area contributed by atoms with Gasteiger partial charge in [-0.1, -0.05) is 30.3 Å². The van der Waals surface area contributed by atoms with Crippen LogP contribution in [0.5, 0.6) is 0 Å². The van der Waals surface area contributed by atoms with Gasteiger partial charge < -0.3 is 15.4 Å². The highest BCUT2D eigenvalue weighted by Gasteiger charge is 2.34. The number of benzene rings is 1. The van der Waals surface area contributed by atoms with Crippen molar-refractivity contribution in [3.63, 3.8) is 0 Å². The lowest BCUT2D eigenvalue weighted by Gasteiger charge is -2.38. The molecule has 0 atom stereocenters. The highest BCUT2D eigenvalue weighted by molar-refractivity contribution is 7.20. The molecule has 29 heavy (non-hydrogen) atoms. The Kier molecular flexibility index (Phi) is 5.78. The third kappa shape index (κ3) is 3.84. The molecule has 4 rings (SSSR count). The SMILES string of the molecule is CCNC(=O)c1sc2ncnc(NCC3(c4ccccc4)CCOCC3)c2c1C. The minimum Gasteiger partial charge on any atom is -0.381 e. The number of nitrogens with zero attached hydrogens (tertiary/aromatic N) is 2. The van der Waals surface area contributed by atoms with Gasteiger partial charge >= 0.3 is 0 Å². The van der Waals surface area contributed by atoms with Gasteiger partial charge in [0.2, 0.25) is 0 Å². The van der Waals surface area contributed by atoms with Gasteiger partial charge in [-0.15, -0.1) is 11.3 Å². The van der Waals surface area contributed by atoms with Crippen LogP contribution in [0.15, 0.2) is 36.7 Å². The van der Waals surface area contributed by atoms with Crippen molar-refractivity contribution >= 4 is 33.3 Å². The Bertz CT molecular complexity index is 997. The van der Waals surface area contributed by atoms with Crippen LogP contribution in [-0.4, -0.2) is 42.2 Å². The topological polar surface area (TPSA) is 76.1 Å². The van der Waals surface area contributed by atoms with E-state index in [-0.39, 0.29) is 11.3 Å². The highest BCUT2D eigenvalue weighted by atomic mass is 32.1. The van der Waals surface area contributed by atoms with E-state index in [9.17, 15) is 4.79 Å². The van der Waals surface area contributed by atoms with Crippen molar-refractivity contribution in [1.82, 2.24) is 15.3 Å². The zero-order valence-electron chi connectivity index (χ0n) is 16.8. The lowest BCUT2D eigenvalue weighted by atomic mass is 9.74. The van der Waals surface area contributed by atoms with Crippen LogP contribution in [0.3, 0.4) is 0 Å². The largest absolute Gasteiger partial charge is 0.381 e. The molecule has 0 spiro atoms. The average molecular weight is 411 g/mol. The maximum Gasteiger partial charge on any atom is 0.261 e. The monoisotopic (exact) mass is 410 g/mol. The van der Waals surface area contributed by atoms with Crippen molar-refractivity contribution in [2.75, 3.05) is 31.6 Å². The summed E-state index contributed by atoms with van der Waals surface area (Å²) in [5.74, 6) is 0.741. The van der Waals surface area contributed by atoms with Crippen molar-refractivity contribution in [2.24, 2.45) is 0 Å². The summed E-state index contributed by atoms with van der Waals surface area (Å²) in [5, 5.41) is 7.41. The number of thiophene rings is 1. The molecule has 2 aromatic heterocycles. The molecule has 1 saturated heterocycles. The summed E-state index contributed by atoms with van der Waals surface area (Å²) in [6.07, 6.45) is 3.50. The molecule has 1 aliphatic heterocycles. The molecule has 0 aliphatic carbocycles. The molecule has 0 radical (unpaired) electrons. The molecule has 3 aromatic rings. The third-order valence-corrected chi connectivity index (χ3v) is 6.90. The fourth-order valence-electron chi connectivity index (χ4n) is 4.04. The maximum absolute atomic E-state index is 12.4. The number of ether oxygens (including phenoxy) is 1. The Morgan fingerprint density at radius 1 is 1.21 bits per heavy atom. The fourth-order valence-corrected chi connectivity index (χ4v) is 5.10. The number of anilines is 1. The summed E-state index contributed by atoms with van der Waals surface area (Å²) in [6.45, 7) is 6.77. The third-order valence-electron chi connectivity index (χ3n) is 5.70. The highest BCUT2D eigenvalue weighted by Crippen LogP contribution is 2.37. The maximum atomic E-state index is 12.4. The number of hydrogen-bond donors (Lipinski definition) is 2. The first kappa shape index (κ1) is 19.8. The second-order valence-corrected chi connectivity index (χ2v) is 8.43. The van der Waals surface area contributed by atoms with E-state index >= 15 is 0 Å². The van der Waals surface area contributed by atoms with Crippen molar-refractivity contribution in [1.29, 1.82) is 0 Å². The second kappa shape index (κ2) is 8.47. The van der Waals surface area contributed by atoms with Crippen LogP contribution in [0.2, 0.25) is 0 Å². The Morgan fingerprint density at radius 3 is 2.69 bits per heavy atom. The van der Waals surface area contributed by atoms with E-state index in [1.54, 1.807) is 6.33 Å². The molecular formula is C22H26N4O2S. The van der Waals surface area contributed by atoms with E-state index in [0.717, 1.165) is 54.2 Å². The van der Waals surface area contributed by atoms with Gasteiger partial charge in [-0.3, -0.25) is 4.79 Å². The number of amides is 1. The normalized spacial score (nSPS) is 15.9. The number of carbonyl (C=O) groups excluding carboxylic acids is 1. The molecule has 1 aromatic carbocycles. The quantitative estimate of drug-likeness (QED) is 0.644. The zero-order chi connectivity index (χ0) is 20.3. The van der Waals surface area contributed by atoms with E-state index in [2.05, 4.69) is 50.9 Å². The number of carbonyl (C=O) groups is 1. The Balaban J connectivity index is 1.66. The number of fused-ring (bicyclic) bond motifs is 1. The van der Waals surface area contributed by atoms with Crippen LogP contribution in [-0.2, 0) is 10.2 Å². The predicted octanol–water partition coefficient (Wildman–Crippen LogP) is 3.91. The van der Waals surface area contributed by atoms with E-state index in [1.165, 1.54) is 16.9 Å². The molecule has 0 unspecified atom stereocenters. The van der Waals surface area contributed by atoms with Crippen LogP contribution in [0, 0.1) is 6.92 Å².